The number of piperidine rings is 1. The molecule has 8 heteroatoms. The van der Waals surface area contributed by atoms with E-state index in [4.69, 9.17) is 11.1 Å². The van der Waals surface area contributed by atoms with E-state index >= 15 is 0 Å². The van der Waals surface area contributed by atoms with Gasteiger partial charge in [-0.25, -0.2) is 4.98 Å². The summed E-state index contributed by atoms with van der Waals surface area (Å²) in [6.07, 6.45) is 4.39. The summed E-state index contributed by atoms with van der Waals surface area (Å²) in [6.45, 7) is 3.24. The molecule has 1 unspecified atom stereocenters. The van der Waals surface area contributed by atoms with Crippen molar-refractivity contribution in [1.29, 1.82) is 5.41 Å². The number of aromatic nitrogens is 1. The molecule has 2 amide bonds. The zero-order valence-electron chi connectivity index (χ0n) is 13.3. The number of anilines is 3. The number of hydrogen-bond donors (Lipinski definition) is 4. The van der Waals surface area contributed by atoms with Crippen molar-refractivity contribution in [3.05, 3.63) is 11.8 Å². The number of nitrogen functional groups attached to an aromatic ring is 1. The Morgan fingerprint density at radius 2 is 2.26 bits per heavy atom. The summed E-state index contributed by atoms with van der Waals surface area (Å²) in [5, 5.41) is 12.7. The van der Waals surface area contributed by atoms with E-state index in [0.29, 0.717) is 30.4 Å². The molecule has 23 heavy (non-hydrogen) atoms. The van der Waals surface area contributed by atoms with Crippen molar-refractivity contribution in [3.8, 4) is 0 Å². The van der Waals surface area contributed by atoms with Crippen molar-refractivity contribution in [2.45, 2.75) is 19.8 Å². The van der Waals surface area contributed by atoms with Gasteiger partial charge in [0.1, 0.15) is 5.82 Å². The molecule has 0 aromatic carbocycles. The van der Waals surface area contributed by atoms with Crippen molar-refractivity contribution < 1.29 is 9.59 Å². The maximum atomic E-state index is 12.2. The molecule has 0 radical (unpaired) electrons. The van der Waals surface area contributed by atoms with Gasteiger partial charge in [-0.1, -0.05) is 6.92 Å². The third-order valence-electron chi connectivity index (χ3n) is 3.93. The number of amides is 2. The third kappa shape index (κ3) is 3.58. The summed E-state index contributed by atoms with van der Waals surface area (Å²) in [5.41, 5.74) is 6.74. The smallest absolute Gasteiger partial charge is 0.314 e. The largest absolute Gasteiger partial charge is 0.396 e. The Balaban J connectivity index is 2.14. The van der Waals surface area contributed by atoms with Gasteiger partial charge >= 0.3 is 11.8 Å². The summed E-state index contributed by atoms with van der Waals surface area (Å²) in [4.78, 5) is 30.0. The molecular formula is C15H22N6O2. The lowest BCUT2D eigenvalue weighted by Gasteiger charge is -2.30. The Morgan fingerprint density at radius 1 is 1.52 bits per heavy atom. The second-order valence-corrected chi connectivity index (χ2v) is 5.69. The molecule has 1 atom stereocenters. The highest BCUT2D eigenvalue weighted by atomic mass is 16.2. The summed E-state index contributed by atoms with van der Waals surface area (Å²) in [6, 6.07) is 0. The van der Waals surface area contributed by atoms with Gasteiger partial charge in [-0.3, -0.25) is 9.59 Å². The van der Waals surface area contributed by atoms with Crippen LogP contribution < -0.4 is 16.4 Å². The second-order valence-electron chi connectivity index (χ2n) is 5.69. The number of pyridine rings is 1. The first-order valence-corrected chi connectivity index (χ1v) is 7.54. The lowest BCUT2D eigenvalue weighted by molar-refractivity contribution is -0.144. The van der Waals surface area contributed by atoms with Crippen LogP contribution in [0, 0.1) is 11.3 Å². The number of hydrogen-bond acceptors (Lipinski definition) is 6. The van der Waals surface area contributed by atoms with Gasteiger partial charge in [-0.2, -0.15) is 0 Å². The van der Waals surface area contributed by atoms with Gasteiger partial charge < -0.3 is 26.7 Å². The van der Waals surface area contributed by atoms with Gasteiger partial charge in [0.25, 0.3) is 0 Å². The van der Waals surface area contributed by atoms with Crippen LogP contribution in [0.25, 0.3) is 0 Å². The van der Waals surface area contributed by atoms with E-state index in [2.05, 4.69) is 22.5 Å². The fraction of sp³-hybridized carbons (Fsp3) is 0.467. The zero-order valence-corrected chi connectivity index (χ0v) is 13.3. The number of nitrogens with zero attached hydrogens (tertiary/aromatic N) is 2. The average Bonchev–Trinajstić information content (AvgIpc) is 2.55. The lowest BCUT2D eigenvalue weighted by Crippen LogP contribution is -2.44. The number of carbonyl (C=O) groups excluding carboxylic acids is 2. The molecule has 0 spiro atoms. The minimum absolute atomic E-state index is 0.201. The summed E-state index contributed by atoms with van der Waals surface area (Å²) >= 11 is 0. The van der Waals surface area contributed by atoms with Gasteiger partial charge in [-0.15, -0.1) is 0 Å². The Hall–Kier alpha value is -2.64. The van der Waals surface area contributed by atoms with Gasteiger partial charge in [-0.05, 0) is 18.8 Å². The number of likely N-dealkylation sites (tertiary alicyclic amines) is 1. The van der Waals surface area contributed by atoms with Crippen LogP contribution in [0.1, 0.15) is 25.3 Å². The molecule has 8 nitrogen and oxygen atoms in total. The predicted octanol–water partition coefficient (Wildman–Crippen LogP) is 0.900. The molecule has 0 saturated carbocycles. The summed E-state index contributed by atoms with van der Waals surface area (Å²) in [7, 11) is 1.66. The SMILES string of the molecule is CNc1ncc(NC(=O)C(=O)N2CCCC(C)C2)c(N)c1C=N. The topological polar surface area (TPSA) is 124 Å². The molecule has 1 aliphatic rings. The van der Waals surface area contributed by atoms with Crippen LogP contribution in [0.5, 0.6) is 0 Å². The van der Waals surface area contributed by atoms with Crippen molar-refractivity contribution in [2.75, 3.05) is 36.5 Å². The molecule has 1 aromatic heterocycles. The molecule has 1 saturated heterocycles. The summed E-state index contributed by atoms with van der Waals surface area (Å²) < 4.78 is 0. The Bertz CT molecular complexity index is 631. The molecular weight excluding hydrogens is 296 g/mol. The first-order valence-electron chi connectivity index (χ1n) is 7.54. The molecule has 2 rings (SSSR count). The molecule has 0 bridgehead atoms. The van der Waals surface area contributed by atoms with E-state index in [0.717, 1.165) is 19.1 Å². The highest BCUT2D eigenvalue weighted by Gasteiger charge is 2.26. The summed E-state index contributed by atoms with van der Waals surface area (Å²) in [5.74, 6) is -0.468. The Labute approximate surface area is 135 Å². The van der Waals surface area contributed by atoms with E-state index in [-0.39, 0.29) is 11.4 Å². The molecule has 1 aromatic rings. The second kappa shape index (κ2) is 7.08. The molecule has 1 aliphatic heterocycles. The molecule has 124 valence electrons. The zero-order chi connectivity index (χ0) is 17.0. The standard InChI is InChI=1S/C15H22N6O2/c1-9-4-3-5-21(8-9)15(23)14(22)20-11-7-19-13(18-2)10(6-16)12(11)17/h6-7,9,16H,3-5,8H2,1-2H3,(H,20,22)(H3,17,18,19). The van der Waals surface area contributed by atoms with Crippen LogP contribution in [0.4, 0.5) is 17.2 Å². The minimum atomic E-state index is -0.735. The quantitative estimate of drug-likeness (QED) is 0.487. The highest BCUT2D eigenvalue weighted by molar-refractivity contribution is 6.39. The van der Waals surface area contributed by atoms with Crippen LogP contribution in [0.2, 0.25) is 0 Å². The molecule has 0 aliphatic carbocycles. The maximum absolute atomic E-state index is 12.2. The van der Waals surface area contributed by atoms with E-state index in [1.165, 1.54) is 6.20 Å². The van der Waals surface area contributed by atoms with Crippen molar-refractivity contribution >= 4 is 35.2 Å². The van der Waals surface area contributed by atoms with E-state index < -0.39 is 11.8 Å². The Morgan fingerprint density at radius 3 is 2.87 bits per heavy atom. The van der Waals surface area contributed by atoms with E-state index in [1.807, 2.05) is 0 Å². The monoisotopic (exact) mass is 318 g/mol. The van der Waals surface area contributed by atoms with Crippen LogP contribution in [-0.2, 0) is 9.59 Å². The van der Waals surface area contributed by atoms with Crippen LogP contribution in [0.15, 0.2) is 6.20 Å². The number of rotatable bonds is 3. The fourth-order valence-electron chi connectivity index (χ4n) is 2.68. The molecule has 5 N–H and O–H groups in total. The highest BCUT2D eigenvalue weighted by Crippen LogP contribution is 2.26. The Kier molecular flexibility index (Phi) is 5.15. The normalized spacial score (nSPS) is 17.5. The van der Waals surface area contributed by atoms with Crippen molar-refractivity contribution in [2.24, 2.45) is 5.92 Å². The lowest BCUT2D eigenvalue weighted by atomic mass is 10.0. The van der Waals surface area contributed by atoms with E-state index in [1.54, 1.807) is 11.9 Å². The van der Waals surface area contributed by atoms with Gasteiger partial charge in [0.15, 0.2) is 0 Å². The van der Waals surface area contributed by atoms with Gasteiger partial charge in [0.2, 0.25) is 0 Å². The number of nitrogens with one attached hydrogen (secondary N) is 3. The van der Waals surface area contributed by atoms with Gasteiger partial charge in [0.05, 0.1) is 23.1 Å². The first-order chi connectivity index (χ1) is 11.0. The van der Waals surface area contributed by atoms with Gasteiger partial charge in [0, 0.05) is 26.4 Å². The maximum Gasteiger partial charge on any atom is 0.314 e. The van der Waals surface area contributed by atoms with Crippen LogP contribution in [0.3, 0.4) is 0 Å². The minimum Gasteiger partial charge on any atom is -0.396 e. The number of nitrogens with two attached hydrogens (primary N) is 1. The molecule has 2 heterocycles. The van der Waals surface area contributed by atoms with Crippen molar-refractivity contribution in [1.82, 2.24) is 9.88 Å². The third-order valence-corrected chi connectivity index (χ3v) is 3.93. The predicted molar refractivity (Wildman–Crippen MR) is 89.7 cm³/mol. The van der Waals surface area contributed by atoms with Crippen LogP contribution >= 0.6 is 0 Å². The first kappa shape index (κ1) is 16.7. The van der Waals surface area contributed by atoms with Crippen LogP contribution in [-0.4, -0.2) is 48.1 Å². The molecule has 1 fully saturated rings. The average molecular weight is 318 g/mol. The number of carbonyl (C=O) groups is 2. The van der Waals surface area contributed by atoms with Crippen molar-refractivity contribution in [3.63, 3.8) is 0 Å². The fourth-order valence-corrected chi connectivity index (χ4v) is 2.68. The van der Waals surface area contributed by atoms with E-state index in [9.17, 15) is 9.59 Å².